The van der Waals surface area contributed by atoms with Crippen molar-refractivity contribution in [1.29, 1.82) is 0 Å². The average Bonchev–Trinajstić information content (AvgIpc) is 2.49. The number of aliphatic hydroxyl groups excluding tert-OH is 2. The lowest BCUT2D eigenvalue weighted by molar-refractivity contribution is 0.0244. The molecule has 0 saturated carbocycles. The van der Waals surface area contributed by atoms with Gasteiger partial charge >= 0.3 is 0 Å². The van der Waals surface area contributed by atoms with Gasteiger partial charge in [-0.3, -0.25) is 0 Å². The van der Waals surface area contributed by atoms with Gasteiger partial charge in [0.05, 0.1) is 39.6 Å². The molecule has 0 aliphatic carbocycles. The standard InChI is InChI=1S/C14H22O6/c15-5-7-17-9-10-18-11-12-20-14-4-2-1-3-13(14)19-8-6-16/h1-4,15-16H,5-12H2. The number of aliphatic hydroxyl groups is 2. The number of hydrogen-bond acceptors (Lipinski definition) is 6. The highest BCUT2D eigenvalue weighted by Crippen LogP contribution is 2.26. The van der Waals surface area contributed by atoms with E-state index in [0.29, 0.717) is 44.5 Å². The maximum absolute atomic E-state index is 8.74. The van der Waals surface area contributed by atoms with Crippen LogP contribution in [-0.2, 0) is 9.47 Å². The van der Waals surface area contributed by atoms with Crippen LogP contribution in [-0.4, -0.2) is 63.1 Å². The monoisotopic (exact) mass is 286 g/mol. The Balaban J connectivity index is 2.15. The lowest BCUT2D eigenvalue weighted by Gasteiger charge is -2.12. The molecule has 1 aromatic rings. The molecule has 0 atom stereocenters. The van der Waals surface area contributed by atoms with Gasteiger partial charge < -0.3 is 29.2 Å². The summed E-state index contributed by atoms with van der Waals surface area (Å²) in [5.41, 5.74) is 0. The van der Waals surface area contributed by atoms with Gasteiger partial charge in [-0.2, -0.15) is 0 Å². The molecule has 0 bridgehead atoms. The van der Waals surface area contributed by atoms with Crippen LogP contribution in [0.2, 0.25) is 0 Å². The fourth-order valence-corrected chi connectivity index (χ4v) is 1.44. The van der Waals surface area contributed by atoms with Crippen LogP contribution in [0.15, 0.2) is 24.3 Å². The lowest BCUT2D eigenvalue weighted by atomic mass is 10.3. The second kappa shape index (κ2) is 11.5. The van der Waals surface area contributed by atoms with Crippen LogP contribution in [0.1, 0.15) is 0 Å². The first kappa shape index (κ1) is 16.7. The predicted molar refractivity (Wildman–Crippen MR) is 73.2 cm³/mol. The molecule has 20 heavy (non-hydrogen) atoms. The summed E-state index contributed by atoms with van der Waals surface area (Å²) >= 11 is 0. The van der Waals surface area contributed by atoms with Gasteiger partial charge in [0.15, 0.2) is 11.5 Å². The normalized spacial score (nSPS) is 10.5. The lowest BCUT2D eigenvalue weighted by Crippen LogP contribution is -2.12. The van der Waals surface area contributed by atoms with Gasteiger partial charge in [-0.1, -0.05) is 12.1 Å². The van der Waals surface area contributed by atoms with Gasteiger partial charge in [0.2, 0.25) is 0 Å². The minimum absolute atomic E-state index is 0.0216. The molecule has 0 spiro atoms. The number of ether oxygens (including phenoxy) is 4. The quantitative estimate of drug-likeness (QED) is 0.544. The molecular formula is C14H22O6. The molecule has 6 nitrogen and oxygen atoms in total. The van der Waals surface area contributed by atoms with Gasteiger partial charge in [-0.15, -0.1) is 0 Å². The van der Waals surface area contributed by atoms with Gasteiger partial charge in [0.1, 0.15) is 13.2 Å². The Morgan fingerprint density at radius 2 is 1.15 bits per heavy atom. The molecule has 0 saturated heterocycles. The summed E-state index contributed by atoms with van der Waals surface area (Å²) in [6.07, 6.45) is 0. The molecule has 0 radical (unpaired) electrons. The van der Waals surface area contributed by atoms with E-state index in [2.05, 4.69) is 0 Å². The van der Waals surface area contributed by atoms with Crippen molar-refractivity contribution in [3.63, 3.8) is 0 Å². The largest absolute Gasteiger partial charge is 0.487 e. The third-order valence-corrected chi connectivity index (χ3v) is 2.29. The van der Waals surface area contributed by atoms with E-state index in [4.69, 9.17) is 29.2 Å². The summed E-state index contributed by atoms with van der Waals surface area (Å²) in [6, 6.07) is 7.28. The van der Waals surface area contributed by atoms with Crippen LogP contribution in [0.25, 0.3) is 0 Å². The predicted octanol–water partition coefficient (Wildman–Crippen LogP) is 0.462. The number of rotatable bonds is 12. The van der Waals surface area contributed by atoms with E-state index in [9.17, 15) is 0 Å². The first-order valence-corrected chi connectivity index (χ1v) is 6.60. The van der Waals surface area contributed by atoms with E-state index in [1.54, 1.807) is 12.1 Å². The van der Waals surface area contributed by atoms with Crippen molar-refractivity contribution in [2.24, 2.45) is 0 Å². The smallest absolute Gasteiger partial charge is 0.161 e. The number of para-hydroxylation sites is 2. The van der Waals surface area contributed by atoms with Gasteiger partial charge in [-0.05, 0) is 12.1 Å². The first-order valence-electron chi connectivity index (χ1n) is 6.60. The summed E-state index contributed by atoms with van der Waals surface area (Å²) < 4.78 is 21.3. The Bertz CT molecular complexity index is 344. The molecule has 0 heterocycles. The van der Waals surface area contributed by atoms with E-state index < -0.39 is 0 Å². The Morgan fingerprint density at radius 3 is 1.75 bits per heavy atom. The van der Waals surface area contributed by atoms with Crippen LogP contribution < -0.4 is 9.47 Å². The van der Waals surface area contributed by atoms with Gasteiger partial charge in [0.25, 0.3) is 0 Å². The van der Waals surface area contributed by atoms with Crippen molar-refractivity contribution in [1.82, 2.24) is 0 Å². The van der Waals surface area contributed by atoms with Crippen LogP contribution >= 0.6 is 0 Å². The molecule has 0 fully saturated rings. The highest BCUT2D eigenvalue weighted by Gasteiger charge is 2.03. The minimum atomic E-state index is -0.0364. The molecule has 0 amide bonds. The van der Waals surface area contributed by atoms with Crippen molar-refractivity contribution in [2.75, 3.05) is 52.9 Å². The minimum Gasteiger partial charge on any atom is -0.487 e. The SMILES string of the molecule is OCCOCCOCCOc1ccccc1OCCO. The van der Waals surface area contributed by atoms with Crippen molar-refractivity contribution >= 4 is 0 Å². The highest BCUT2D eigenvalue weighted by molar-refractivity contribution is 5.39. The molecule has 0 aliphatic heterocycles. The molecule has 1 rings (SSSR count). The Labute approximate surface area is 118 Å². The highest BCUT2D eigenvalue weighted by atomic mass is 16.6. The maximum Gasteiger partial charge on any atom is 0.161 e. The van der Waals surface area contributed by atoms with E-state index >= 15 is 0 Å². The maximum atomic E-state index is 8.74. The van der Waals surface area contributed by atoms with E-state index in [1.807, 2.05) is 12.1 Å². The van der Waals surface area contributed by atoms with Crippen LogP contribution in [0.4, 0.5) is 0 Å². The van der Waals surface area contributed by atoms with Gasteiger partial charge in [-0.25, -0.2) is 0 Å². The van der Waals surface area contributed by atoms with E-state index in [-0.39, 0.29) is 19.8 Å². The third-order valence-electron chi connectivity index (χ3n) is 2.29. The summed E-state index contributed by atoms with van der Waals surface area (Å²) in [5, 5.41) is 17.2. The molecule has 6 heteroatoms. The van der Waals surface area contributed by atoms with Crippen LogP contribution in [0.5, 0.6) is 11.5 Å². The Hall–Kier alpha value is -1.34. The molecule has 114 valence electrons. The molecule has 0 aromatic heterocycles. The Kier molecular flexibility index (Phi) is 9.60. The van der Waals surface area contributed by atoms with Crippen molar-refractivity contribution in [3.8, 4) is 11.5 Å². The van der Waals surface area contributed by atoms with E-state index in [0.717, 1.165) is 0 Å². The summed E-state index contributed by atoms with van der Waals surface area (Å²) in [4.78, 5) is 0. The third kappa shape index (κ3) is 7.30. The molecule has 0 aliphatic rings. The Morgan fingerprint density at radius 1 is 0.650 bits per heavy atom. The van der Waals surface area contributed by atoms with Crippen LogP contribution in [0, 0.1) is 0 Å². The van der Waals surface area contributed by atoms with Crippen molar-refractivity contribution < 1.29 is 29.2 Å². The van der Waals surface area contributed by atoms with Crippen molar-refractivity contribution in [2.45, 2.75) is 0 Å². The second-order valence-corrected chi connectivity index (χ2v) is 3.82. The summed E-state index contributed by atoms with van der Waals surface area (Å²) in [7, 11) is 0. The summed E-state index contributed by atoms with van der Waals surface area (Å²) in [6.45, 7) is 2.31. The zero-order chi connectivity index (χ0) is 14.5. The number of hydrogen-bond donors (Lipinski definition) is 2. The first-order chi connectivity index (χ1) is 9.88. The van der Waals surface area contributed by atoms with Gasteiger partial charge in [0, 0.05) is 0 Å². The molecule has 0 unspecified atom stereocenters. The second-order valence-electron chi connectivity index (χ2n) is 3.82. The average molecular weight is 286 g/mol. The molecule has 1 aromatic carbocycles. The topological polar surface area (TPSA) is 77.4 Å². The number of benzene rings is 1. The van der Waals surface area contributed by atoms with E-state index in [1.165, 1.54) is 0 Å². The fourth-order valence-electron chi connectivity index (χ4n) is 1.44. The zero-order valence-electron chi connectivity index (χ0n) is 11.5. The molecular weight excluding hydrogens is 264 g/mol. The van der Waals surface area contributed by atoms with Crippen molar-refractivity contribution in [3.05, 3.63) is 24.3 Å². The molecule has 2 N–H and O–H groups in total. The van der Waals surface area contributed by atoms with Crippen LogP contribution in [0.3, 0.4) is 0 Å². The summed E-state index contributed by atoms with van der Waals surface area (Å²) in [5.74, 6) is 1.23. The fraction of sp³-hybridized carbons (Fsp3) is 0.571. The zero-order valence-corrected chi connectivity index (χ0v) is 11.5.